The van der Waals surface area contributed by atoms with Crippen LogP contribution in [0.15, 0.2) is 0 Å². The van der Waals surface area contributed by atoms with Gasteiger partial charge in [0, 0.05) is 12.8 Å². The van der Waals surface area contributed by atoms with Crippen LogP contribution in [0.5, 0.6) is 0 Å². The van der Waals surface area contributed by atoms with Gasteiger partial charge in [-0.2, -0.15) is 0 Å². The molecule has 0 aliphatic heterocycles. The average Bonchev–Trinajstić information content (AvgIpc) is 2.93. The van der Waals surface area contributed by atoms with E-state index in [0.717, 1.165) is 45.3 Å². The molecule has 5 nitrogen and oxygen atoms in total. The number of nitrogens with zero attached hydrogens (tertiary/aromatic N) is 1. The molecule has 0 saturated heterocycles. The summed E-state index contributed by atoms with van der Waals surface area (Å²) in [5, 5.41) is 0. The highest BCUT2D eigenvalue weighted by molar-refractivity contribution is 5.69. The monoisotopic (exact) mass is 554 g/mol. The molecule has 0 aliphatic rings. The van der Waals surface area contributed by atoms with Crippen molar-refractivity contribution in [3.05, 3.63) is 0 Å². The molecule has 0 saturated carbocycles. The summed E-state index contributed by atoms with van der Waals surface area (Å²) in [6.07, 6.45) is 25.5. The summed E-state index contributed by atoms with van der Waals surface area (Å²) in [6.45, 7) is 12.8. The SMILES string of the molecule is CCCCCCCCC(CCCCCC)COC(=O)CCCCCN(CCCCCC)CCCC(=O)OCC. The Morgan fingerprint density at radius 2 is 0.949 bits per heavy atom. The Morgan fingerprint density at radius 1 is 0.513 bits per heavy atom. The average molecular weight is 554 g/mol. The van der Waals surface area contributed by atoms with Crippen LogP contribution in [-0.2, 0) is 19.1 Å². The summed E-state index contributed by atoms with van der Waals surface area (Å²) >= 11 is 0. The maximum Gasteiger partial charge on any atom is 0.305 e. The van der Waals surface area contributed by atoms with E-state index < -0.39 is 0 Å². The summed E-state index contributed by atoms with van der Waals surface area (Å²) < 4.78 is 10.8. The predicted octanol–water partition coefficient (Wildman–Crippen LogP) is 9.65. The molecule has 0 bridgehead atoms. The second-order valence-corrected chi connectivity index (χ2v) is 11.6. The van der Waals surface area contributed by atoms with Gasteiger partial charge in [0.25, 0.3) is 0 Å². The Hall–Kier alpha value is -1.10. The summed E-state index contributed by atoms with van der Waals surface area (Å²) in [5.41, 5.74) is 0. The fourth-order valence-electron chi connectivity index (χ4n) is 5.23. The molecule has 5 heteroatoms. The topological polar surface area (TPSA) is 55.8 Å². The van der Waals surface area contributed by atoms with E-state index in [2.05, 4.69) is 25.7 Å². The number of hydrogen-bond acceptors (Lipinski definition) is 5. The smallest absolute Gasteiger partial charge is 0.305 e. The lowest BCUT2D eigenvalue weighted by molar-refractivity contribution is -0.145. The van der Waals surface area contributed by atoms with E-state index in [1.807, 2.05) is 6.92 Å². The van der Waals surface area contributed by atoms with Crippen LogP contribution in [0.3, 0.4) is 0 Å². The summed E-state index contributed by atoms with van der Waals surface area (Å²) in [7, 11) is 0. The molecular weight excluding hydrogens is 486 g/mol. The quantitative estimate of drug-likeness (QED) is 0.0654. The summed E-state index contributed by atoms with van der Waals surface area (Å²) in [5.74, 6) is 0.437. The third-order valence-corrected chi connectivity index (χ3v) is 7.76. The molecule has 0 N–H and O–H groups in total. The van der Waals surface area contributed by atoms with E-state index in [4.69, 9.17) is 9.47 Å². The second-order valence-electron chi connectivity index (χ2n) is 11.6. The number of hydrogen-bond donors (Lipinski definition) is 0. The van der Waals surface area contributed by atoms with E-state index in [1.165, 1.54) is 103 Å². The normalized spacial score (nSPS) is 12.1. The summed E-state index contributed by atoms with van der Waals surface area (Å²) in [4.78, 5) is 26.6. The van der Waals surface area contributed by atoms with E-state index in [1.54, 1.807) is 0 Å². The van der Waals surface area contributed by atoms with Crippen molar-refractivity contribution in [3.8, 4) is 0 Å². The molecule has 0 heterocycles. The number of carbonyl (C=O) groups is 2. The van der Waals surface area contributed by atoms with Gasteiger partial charge >= 0.3 is 11.9 Å². The van der Waals surface area contributed by atoms with Crippen LogP contribution in [0.4, 0.5) is 0 Å². The van der Waals surface area contributed by atoms with E-state index >= 15 is 0 Å². The molecule has 0 aromatic rings. The molecule has 0 rings (SSSR count). The zero-order valence-corrected chi connectivity index (χ0v) is 26.7. The molecule has 0 aromatic carbocycles. The third kappa shape index (κ3) is 26.9. The summed E-state index contributed by atoms with van der Waals surface area (Å²) in [6, 6.07) is 0. The van der Waals surface area contributed by atoms with Gasteiger partial charge in [0.1, 0.15) is 0 Å². The number of ether oxygens (including phenoxy) is 2. The van der Waals surface area contributed by atoms with Gasteiger partial charge in [-0.25, -0.2) is 0 Å². The van der Waals surface area contributed by atoms with Gasteiger partial charge in [-0.05, 0) is 71.0 Å². The molecule has 1 atom stereocenters. The van der Waals surface area contributed by atoms with Crippen molar-refractivity contribution in [2.75, 3.05) is 32.8 Å². The van der Waals surface area contributed by atoms with Crippen molar-refractivity contribution in [1.82, 2.24) is 4.90 Å². The van der Waals surface area contributed by atoms with Crippen LogP contribution in [0.25, 0.3) is 0 Å². The molecule has 39 heavy (non-hydrogen) atoms. The molecule has 1 unspecified atom stereocenters. The van der Waals surface area contributed by atoms with Crippen molar-refractivity contribution >= 4 is 11.9 Å². The lowest BCUT2D eigenvalue weighted by Gasteiger charge is -2.22. The standard InChI is InChI=1S/C34H67NO4/c1-5-9-12-15-16-19-25-32(24-18-13-10-6-2)31-39-34(37)26-20-17-22-29-35(28-21-14-11-7-3)30-23-27-33(36)38-8-4/h32H,5-31H2,1-4H3. The zero-order valence-electron chi connectivity index (χ0n) is 26.7. The van der Waals surface area contributed by atoms with Crippen molar-refractivity contribution < 1.29 is 19.1 Å². The Morgan fingerprint density at radius 3 is 1.54 bits per heavy atom. The van der Waals surface area contributed by atoms with Crippen LogP contribution in [-0.4, -0.2) is 49.7 Å². The van der Waals surface area contributed by atoms with Gasteiger partial charge in [-0.3, -0.25) is 9.59 Å². The molecule has 0 amide bonds. The molecule has 232 valence electrons. The van der Waals surface area contributed by atoms with Crippen molar-refractivity contribution in [1.29, 1.82) is 0 Å². The van der Waals surface area contributed by atoms with Gasteiger partial charge in [-0.15, -0.1) is 0 Å². The van der Waals surface area contributed by atoms with Gasteiger partial charge in [0.15, 0.2) is 0 Å². The van der Waals surface area contributed by atoms with Crippen molar-refractivity contribution in [2.45, 2.75) is 169 Å². The van der Waals surface area contributed by atoms with Gasteiger partial charge in [-0.1, -0.05) is 111 Å². The maximum absolute atomic E-state index is 12.5. The first kappa shape index (κ1) is 37.9. The Balaban J connectivity index is 4.24. The van der Waals surface area contributed by atoms with Crippen LogP contribution >= 0.6 is 0 Å². The second kappa shape index (κ2) is 29.9. The largest absolute Gasteiger partial charge is 0.466 e. The first-order valence-corrected chi connectivity index (χ1v) is 17.1. The van der Waals surface area contributed by atoms with Crippen LogP contribution < -0.4 is 0 Å². The third-order valence-electron chi connectivity index (χ3n) is 7.76. The van der Waals surface area contributed by atoms with E-state index in [-0.39, 0.29) is 11.9 Å². The Labute approximate surface area is 243 Å². The highest BCUT2D eigenvalue weighted by Gasteiger charge is 2.13. The maximum atomic E-state index is 12.5. The first-order valence-electron chi connectivity index (χ1n) is 17.1. The lowest BCUT2D eigenvalue weighted by Crippen LogP contribution is -2.28. The number of rotatable bonds is 30. The molecular formula is C34H67NO4. The Bertz CT molecular complexity index is 539. The number of carbonyl (C=O) groups excluding carboxylic acids is 2. The van der Waals surface area contributed by atoms with Gasteiger partial charge in [0.05, 0.1) is 13.2 Å². The van der Waals surface area contributed by atoms with Crippen LogP contribution in [0.2, 0.25) is 0 Å². The van der Waals surface area contributed by atoms with Crippen molar-refractivity contribution in [3.63, 3.8) is 0 Å². The molecule has 0 spiro atoms. The van der Waals surface area contributed by atoms with Gasteiger partial charge in [0.2, 0.25) is 0 Å². The lowest BCUT2D eigenvalue weighted by atomic mass is 9.95. The first-order chi connectivity index (χ1) is 19.1. The Kier molecular flexibility index (Phi) is 29.0. The van der Waals surface area contributed by atoms with Crippen molar-refractivity contribution in [2.24, 2.45) is 5.92 Å². The minimum absolute atomic E-state index is 0.0117. The fraction of sp³-hybridized carbons (Fsp3) is 0.941. The predicted molar refractivity (Wildman–Crippen MR) is 166 cm³/mol. The number of unbranched alkanes of at least 4 members (excludes halogenated alkanes) is 13. The van der Waals surface area contributed by atoms with Crippen LogP contribution in [0.1, 0.15) is 169 Å². The molecule has 0 fully saturated rings. The molecule has 0 radical (unpaired) electrons. The van der Waals surface area contributed by atoms with E-state index in [0.29, 0.717) is 32.0 Å². The fourth-order valence-corrected chi connectivity index (χ4v) is 5.23. The highest BCUT2D eigenvalue weighted by Crippen LogP contribution is 2.20. The molecule has 0 aliphatic carbocycles. The molecule has 0 aromatic heterocycles. The highest BCUT2D eigenvalue weighted by atomic mass is 16.5. The minimum atomic E-state index is -0.0860. The van der Waals surface area contributed by atoms with Crippen LogP contribution in [0, 0.1) is 5.92 Å². The minimum Gasteiger partial charge on any atom is -0.466 e. The van der Waals surface area contributed by atoms with E-state index in [9.17, 15) is 9.59 Å². The van der Waals surface area contributed by atoms with Gasteiger partial charge < -0.3 is 14.4 Å². The number of esters is 2. The zero-order chi connectivity index (χ0) is 28.8.